The van der Waals surface area contributed by atoms with Crippen molar-refractivity contribution >= 4 is 23.6 Å². The minimum Gasteiger partial charge on any atom is -0.660 e. The molecule has 2 aromatic heterocycles. The molecule has 8 bridgehead atoms. The predicted octanol–water partition coefficient (Wildman–Crippen LogP) is 4.57. The second-order valence-electron chi connectivity index (χ2n) is 8.56. The van der Waals surface area contributed by atoms with E-state index in [1.54, 1.807) is 0 Å². The van der Waals surface area contributed by atoms with Crippen LogP contribution in [0.4, 0.5) is 0 Å². The molecule has 5 rings (SSSR count). The van der Waals surface area contributed by atoms with Gasteiger partial charge in [-0.15, -0.1) is 22.8 Å². The van der Waals surface area contributed by atoms with E-state index in [-0.39, 0.29) is 31.9 Å². The van der Waals surface area contributed by atoms with Gasteiger partial charge in [0.1, 0.15) is 0 Å². The largest absolute Gasteiger partial charge is 2.00 e. The van der Waals surface area contributed by atoms with Crippen LogP contribution in [0.1, 0.15) is 50.5 Å². The monoisotopic (exact) mass is 561 g/mol. The Balaban J connectivity index is 0.00000205. The Labute approximate surface area is 185 Å². The number of allylic oxidation sites excluding steroid dienone is 4. The average molecular weight is 562 g/mol. The van der Waals surface area contributed by atoms with Crippen molar-refractivity contribution in [3.8, 4) is 0 Å². The number of aromatic nitrogens is 2. The first-order chi connectivity index (χ1) is 13.3. The first-order valence-electron chi connectivity index (χ1n) is 9.59. The van der Waals surface area contributed by atoms with Crippen molar-refractivity contribution in [3.63, 3.8) is 0 Å². The fraction of sp³-hybridized carbons (Fsp3) is 0.250. The number of rotatable bonds is 0. The van der Waals surface area contributed by atoms with Crippen LogP contribution in [0.2, 0.25) is 0 Å². The smallest absolute Gasteiger partial charge is 0.660 e. The van der Waals surface area contributed by atoms with E-state index in [1.807, 2.05) is 12.2 Å². The summed E-state index contributed by atoms with van der Waals surface area (Å²) in [5.41, 5.74) is 7.18. The van der Waals surface area contributed by atoms with E-state index in [0.29, 0.717) is 0 Å². The Bertz CT molecular complexity index is 1070. The molecule has 3 aliphatic heterocycles. The van der Waals surface area contributed by atoms with Crippen molar-refractivity contribution < 1.29 is 21.1 Å². The van der Waals surface area contributed by atoms with Crippen LogP contribution in [0.3, 0.4) is 0 Å². The van der Waals surface area contributed by atoms with Crippen LogP contribution in [0.25, 0.3) is 12.2 Å². The standard InChI is InChI=1S/C24H22N4.Pt/c1-23(2)19-9-5-15(25-19)13-17-7-11-21(27-17)24(3,4)22-12-8-18(28-22)14-16-6-10-20(23)26-16;/h5-14H,1-4H3;/q-2;+2/b15-13-,18-14-;. The third-order valence-electron chi connectivity index (χ3n) is 5.80. The first-order valence-corrected chi connectivity index (χ1v) is 9.59. The molecule has 4 nitrogen and oxygen atoms in total. The molecule has 5 heteroatoms. The Morgan fingerprint density at radius 1 is 0.621 bits per heavy atom. The van der Waals surface area contributed by atoms with Crippen LogP contribution in [0.15, 0.2) is 69.9 Å². The van der Waals surface area contributed by atoms with Crippen LogP contribution in [-0.4, -0.2) is 11.4 Å². The summed E-state index contributed by atoms with van der Waals surface area (Å²) in [6, 6.07) is 8.27. The van der Waals surface area contributed by atoms with Crippen molar-refractivity contribution in [2.75, 3.05) is 0 Å². The summed E-state index contributed by atoms with van der Waals surface area (Å²) < 4.78 is 0. The molecular formula is C24H22N4Pt. The molecule has 0 N–H and O–H groups in total. The average Bonchev–Trinajstić information content (AvgIpc) is 3.42. The molecule has 0 saturated heterocycles. The van der Waals surface area contributed by atoms with Crippen LogP contribution >= 0.6 is 0 Å². The summed E-state index contributed by atoms with van der Waals surface area (Å²) in [6.45, 7) is 8.65. The van der Waals surface area contributed by atoms with Gasteiger partial charge in [0, 0.05) is 22.3 Å². The maximum absolute atomic E-state index is 4.85. The number of fused-ring (bicyclic) bond motifs is 6. The zero-order valence-corrected chi connectivity index (χ0v) is 19.2. The maximum atomic E-state index is 4.85. The molecule has 148 valence electrons. The van der Waals surface area contributed by atoms with Gasteiger partial charge < -0.3 is 9.97 Å². The Kier molecular flexibility index (Phi) is 4.66. The zero-order valence-electron chi connectivity index (χ0n) is 16.9. The van der Waals surface area contributed by atoms with Gasteiger partial charge in [0.25, 0.3) is 0 Å². The van der Waals surface area contributed by atoms with E-state index in [0.717, 1.165) is 45.6 Å². The van der Waals surface area contributed by atoms with Crippen molar-refractivity contribution in [1.82, 2.24) is 9.97 Å². The summed E-state index contributed by atoms with van der Waals surface area (Å²) in [5, 5.41) is 0. The Hall–Kier alpha value is -2.45. The minimum absolute atomic E-state index is 0. The van der Waals surface area contributed by atoms with Crippen molar-refractivity contribution in [2.24, 2.45) is 9.98 Å². The summed E-state index contributed by atoms with van der Waals surface area (Å²) >= 11 is 0. The van der Waals surface area contributed by atoms with Gasteiger partial charge in [-0.3, -0.25) is 9.98 Å². The quantitative estimate of drug-likeness (QED) is 0.474. The minimum atomic E-state index is -0.271. The topological polar surface area (TPSA) is 52.9 Å². The molecule has 0 spiro atoms. The normalized spacial score (nSPS) is 24.1. The molecule has 0 aliphatic carbocycles. The molecule has 0 radical (unpaired) electrons. The zero-order chi connectivity index (χ0) is 19.5. The number of hydrogen-bond acceptors (Lipinski definition) is 2. The molecule has 3 aliphatic rings. The second kappa shape index (κ2) is 6.81. The van der Waals surface area contributed by atoms with Gasteiger partial charge in [-0.05, 0) is 24.3 Å². The number of aliphatic imine (C=N–C) groups is 2. The maximum Gasteiger partial charge on any atom is 2.00 e. The summed E-state index contributed by atoms with van der Waals surface area (Å²) in [5.74, 6) is 0. The predicted molar refractivity (Wildman–Crippen MR) is 115 cm³/mol. The number of nitrogens with zero attached hydrogens (tertiary/aromatic N) is 4. The third kappa shape index (κ3) is 3.30. The third-order valence-corrected chi connectivity index (χ3v) is 5.80. The fourth-order valence-electron chi connectivity index (χ4n) is 3.79. The van der Waals surface area contributed by atoms with Crippen molar-refractivity contribution in [2.45, 2.75) is 38.5 Å². The van der Waals surface area contributed by atoms with E-state index in [1.165, 1.54) is 0 Å². The molecule has 0 saturated carbocycles. The molecule has 29 heavy (non-hydrogen) atoms. The van der Waals surface area contributed by atoms with Gasteiger partial charge in [-0.25, -0.2) is 0 Å². The van der Waals surface area contributed by atoms with Crippen LogP contribution in [0.5, 0.6) is 0 Å². The van der Waals surface area contributed by atoms with Gasteiger partial charge in [0.15, 0.2) is 0 Å². The SMILES string of the molecule is CC1(C)C2=N/C(=C\c3ccc([n-]3)C(C)(C)C3=N/C(=C\c4ccc1[n-]4)C=C3)C=C2.[Pt+2]. The second-order valence-corrected chi connectivity index (χ2v) is 8.56. The number of hydrogen-bond donors (Lipinski definition) is 0. The molecule has 5 heterocycles. The Morgan fingerprint density at radius 3 is 1.45 bits per heavy atom. The van der Waals surface area contributed by atoms with Crippen LogP contribution in [-0.2, 0) is 31.9 Å². The van der Waals surface area contributed by atoms with E-state index in [2.05, 4.69) is 76.3 Å². The first kappa shape index (κ1) is 19.8. The summed E-state index contributed by atoms with van der Waals surface area (Å²) in [7, 11) is 0. The molecule has 0 amide bonds. The van der Waals surface area contributed by atoms with E-state index >= 15 is 0 Å². The summed E-state index contributed by atoms with van der Waals surface area (Å²) in [4.78, 5) is 19.4. The van der Waals surface area contributed by atoms with Gasteiger partial charge >= 0.3 is 21.1 Å². The molecule has 0 aromatic carbocycles. The molecule has 0 unspecified atom stereocenters. The van der Waals surface area contributed by atoms with Crippen molar-refractivity contribution in [3.05, 3.63) is 82.7 Å². The molecule has 2 aromatic rings. The van der Waals surface area contributed by atoms with E-state index in [9.17, 15) is 0 Å². The van der Waals surface area contributed by atoms with E-state index in [4.69, 9.17) is 20.0 Å². The van der Waals surface area contributed by atoms with E-state index < -0.39 is 0 Å². The van der Waals surface area contributed by atoms with Gasteiger partial charge in [0.05, 0.1) is 11.4 Å². The molecule has 0 fully saturated rings. The van der Waals surface area contributed by atoms with Gasteiger partial charge in [-0.2, -0.15) is 0 Å². The molecule has 0 atom stereocenters. The Morgan fingerprint density at radius 2 is 1.03 bits per heavy atom. The summed E-state index contributed by atoms with van der Waals surface area (Å²) in [6.07, 6.45) is 12.3. The van der Waals surface area contributed by atoms with Crippen LogP contribution < -0.4 is 9.97 Å². The van der Waals surface area contributed by atoms with Gasteiger partial charge in [0.2, 0.25) is 0 Å². The fourth-order valence-corrected chi connectivity index (χ4v) is 3.79. The van der Waals surface area contributed by atoms with Gasteiger partial charge in [-0.1, -0.05) is 64.1 Å². The van der Waals surface area contributed by atoms with Crippen molar-refractivity contribution in [1.29, 1.82) is 0 Å². The molecular weight excluding hydrogens is 539 g/mol. The van der Waals surface area contributed by atoms with Crippen LogP contribution in [0, 0.1) is 0 Å².